The number of nitrogens with zero attached hydrogens (tertiary/aromatic N) is 2. The van der Waals surface area contributed by atoms with Crippen molar-refractivity contribution in [2.24, 2.45) is 0 Å². The van der Waals surface area contributed by atoms with Crippen molar-refractivity contribution in [3.8, 4) is 5.88 Å². The lowest BCUT2D eigenvalue weighted by Crippen LogP contribution is -2.02. The summed E-state index contributed by atoms with van der Waals surface area (Å²) in [5.41, 5.74) is 3.71. The Morgan fingerprint density at radius 2 is 2.24 bits per heavy atom. The number of ether oxygens (including phenoxy) is 1. The summed E-state index contributed by atoms with van der Waals surface area (Å²) in [6.07, 6.45) is 2.47. The maximum atomic E-state index is 8.87. The van der Waals surface area contributed by atoms with Gasteiger partial charge in [-0.15, -0.1) is 11.3 Å². The van der Waals surface area contributed by atoms with E-state index >= 15 is 0 Å². The second kappa shape index (κ2) is 5.75. The number of aryl methyl sites for hydroxylation is 1. The molecule has 0 saturated heterocycles. The third-order valence-corrected chi connectivity index (χ3v) is 3.40. The summed E-state index contributed by atoms with van der Waals surface area (Å²) in [4.78, 5) is 9.53. The van der Waals surface area contributed by atoms with Crippen molar-refractivity contribution < 1.29 is 9.84 Å². The molecular formula is C12H14N2O2S. The van der Waals surface area contributed by atoms with Gasteiger partial charge >= 0.3 is 0 Å². The first kappa shape index (κ1) is 12.0. The maximum Gasteiger partial charge on any atom is 0.213 e. The molecule has 2 aromatic rings. The largest absolute Gasteiger partial charge is 0.477 e. The van der Waals surface area contributed by atoms with Gasteiger partial charge in [0.1, 0.15) is 0 Å². The molecule has 0 spiro atoms. The van der Waals surface area contributed by atoms with Gasteiger partial charge in [0, 0.05) is 23.6 Å². The number of rotatable bonds is 5. The normalized spacial score (nSPS) is 10.5. The number of thiazole rings is 1. The van der Waals surface area contributed by atoms with E-state index in [4.69, 9.17) is 9.84 Å². The van der Waals surface area contributed by atoms with Crippen LogP contribution in [0.3, 0.4) is 0 Å². The predicted octanol–water partition coefficient (Wildman–Crippen LogP) is 1.96. The summed E-state index contributed by atoms with van der Waals surface area (Å²) >= 11 is 1.65. The Balaban J connectivity index is 1.83. The van der Waals surface area contributed by atoms with Gasteiger partial charge < -0.3 is 9.84 Å². The van der Waals surface area contributed by atoms with Gasteiger partial charge in [-0.05, 0) is 18.6 Å². The topological polar surface area (TPSA) is 55.2 Å². The average Bonchev–Trinajstić information content (AvgIpc) is 2.76. The summed E-state index contributed by atoms with van der Waals surface area (Å²) in [7, 11) is 0. The highest BCUT2D eigenvalue weighted by Gasteiger charge is 2.02. The van der Waals surface area contributed by atoms with Gasteiger partial charge in [0.2, 0.25) is 5.88 Å². The zero-order valence-corrected chi connectivity index (χ0v) is 10.4. The van der Waals surface area contributed by atoms with E-state index in [1.54, 1.807) is 29.7 Å². The van der Waals surface area contributed by atoms with E-state index in [9.17, 15) is 0 Å². The Morgan fingerprint density at radius 1 is 1.35 bits per heavy atom. The molecule has 2 heterocycles. The first-order valence-corrected chi connectivity index (χ1v) is 6.25. The Bertz CT molecular complexity index is 468. The molecule has 0 unspecified atom stereocenters. The van der Waals surface area contributed by atoms with Crippen LogP contribution in [0.4, 0.5) is 0 Å². The molecule has 0 aliphatic heterocycles. The van der Waals surface area contributed by atoms with Crippen LogP contribution in [0, 0.1) is 6.92 Å². The van der Waals surface area contributed by atoms with Crippen molar-refractivity contribution >= 4 is 11.3 Å². The smallest absolute Gasteiger partial charge is 0.213 e. The van der Waals surface area contributed by atoms with E-state index in [1.165, 1.54) is 4.88 Å². The summed E-state index contributed by atoms with van der Waals surface area (Å²) in [6.45, 7) is 2.60. The molecule has 0 aromatic carbocycles. The maximum absolute atomic E-state index is 8.87. The minimum Gasteiger partial charge on any atom is -0.477 e. The minimum atomic E-state index is 0.00728. The lowest BCUT2D eigenvalue weighted by Gasteiger charge is -2.04. The predicted molar refractivity (Wildman–Crippen MR) is 66.2 cm³/mol. The molecule has 5 heteroatoms. The van der Waals surface area contributed by atoms with Crippen molar-refractivity contribution in [3.05, 3.63) is 40.0 Å². The third kappa shape index (κ3) is 3.25. The highest BCUT2D eigenvalue weighted by molar-refractivity contribution is 7.09. The number of hydrogen-bond donors (Lipinski definition) is 1. The zero-order valence-electron chi connectivity index (χ0n) is 9.59. The van der Waals surface area contributed by atoms with Gasteiger partial charge in [-0.2, -0.15) is 0 Å². The zero-order chi connectivity index (χ0) is 12.1. The van der Waals surface area contributed by atoms with E-state index in [-0.39, 0.29) is 6.61 Å². The Morgan fingerprint density at radius 3 is 2.82 bits per heavy atom. The van der Waals surface area contributed by atoms with Gasteiger partial charge in [-0.25, -0.2) is 9.97 Å². The fourth-order valence-electron chi connectivity index (χ4n) is 1.40. The van der Waals surface area contributed by atoms with E-state index in [0.717, 1.165) is 17.7 Å². The third-order valence-electron chi connectivity index (χ3n) is 2.40. The molecule has 0 aliphatic carbocycles. The van der Waals surface area contributed by atoms with Crippen molar-refractivity contribution in [3.63, 3.8) is 0 Å². The molecule has 0 radical (unpaired) electrons. The monoisotopic (exact) mass is 250 g/mol. The van der Waals surface area contributed by atoms with E-state index < -0.39 is 0 Å². The Labute approximate surface area is 104 Å². The number of pyridine rings is 1. The molecule has 4 nitrogen and oxygen atoms in total. The fourth-order valence-corrected chi connectivity index (χ4v) is 2.17. The van der Waals surface area contributed by atoms with Crippen molar-refractivity contribution in [1.82, 2.24) is 9.97 Å². The van der Waals surface area contributed by atoms with Crippen LogP contribution in [0.15, 0.2) is 23.8 Å². The molecule has 0 saturated carbocycles. The lowest BCUT2D eigenvalue weighted by atomic mass is 10.3. The molecule has 1 N–H and O–H groups in total. The fraction of sp³-hybridized carbons (Fsp3) is 0.333. The van der Waals surface area contributed by atoms with Crippen LogP contribution in [0.5, 0.6) is 5.88 Å². The Hall–Kier alpha value is -1.46. The molecule has 0 fully saturated rings. The van der Waals surface area contributed by atoms with Crippen LogP contribution in [0.2, 0.25) is 0 Å². The molecule has 17 heavy (non-hydrogen) atoms. The SMILES string of the molecule is Cc1ncsc1CCOc1ccc(CO)cn1. The number of aliphatic hydroxyl groups is 1. The number of aromatic nitrogens is 2. The molecule has 0 atom stereocenters. The van der Waals surface area contributed by atoms with Crippen molar-refractivity contribution in [2.45, 2.75) is 20.0 Å². The second-order valence-electron chi connectivity index (χ2n) is 3.62. The first-order valence-electron chi connectivity index (χ1n) is 5.37. The van der Waals surface area contributed by atoms with Crippen LogP contribution in [0.25, 0.3) is 0 Å². The summed E-state index contributed by atoms with van der Waals surface area (Å²) in [6, 6.07) is 3.57. The summed E-state index contributed by atoms with van der Waals surface area (Å²) in [5.74, 6) is 0.587. The molecule has 0 aliphatic rings. The molecule has 2 rings (SSSR count). The van der Waals surface area contributed by atoms with Gasteiger partial charge in [0.05, 0.1) is 24.4 Å². The quantitative estimate of drug-likeness (QED) is 0.881. The highest BCUT2D eigenvalue weighted by atomic mass is 32.1. The summed E-state index contributed by atoms with van der Waals surface area (Å²) in [5, 5.41) is 8.87. The van der Waals surface area contributed by atoms with E-state index in [1.807, 2.05) is 12.4 Å². The van der Waals surface area contributed by atoms with Gasteiger partial charge in [0.25, 0.3) is 0 Å². The molecular weight excluding hydrogens is 236 g/mol. The van der Waals surface area contributed by atoms with Crippen LogP contribution in [-0.4, -0.2) is 21.7 Å². The molecule has 0 bridgehead atoms. The Kier molecular flexibility index (Phi) is 4.06. The van der Waals surface area contributed by atoms with Crippen LogP contribution < -0.4 is 4.74 Å². The standard InChI is InChI=1S/C12H14N2O2S/c1-9-11(17-8-14-9)4-5-16-12-3-2-10(7-15)6-13-12/h2-3,6,8,15H,4-5,7H2,1H3. The van der Waals surface area contributed by atoms with Gasteiger partial charge in [-0.1, -0.05) is 0 Å². The molecule has 90 valence electrons. The lowest BCUT2D eigenvalue weighted by molar-refractivity contribution is 0.279. The number of hydrogen-bond acceptors (Lipinski definition) is 5. The summed E-state index contributed by atoms with van der Waals surface area (Å²) < 4.78 is 5.52. The van der Waals surface area contributed by atoms with Crippen molar-refractivity contribution in [1.29, 1.82) is 0 Å². The van der Waals surface area contributed by atoms with E-state index in [2.05, 4.69) is 9.97 Å². The number of aliphatic hydroxyl groups excluding tert-OH is 1. The highest BCUT2D eigenvalue weighted by Crippen LogP contribution is 2.14. The second-order valence-corrected chi connectivity index (χ2v) is 4.56. The minimum absolute atomic E-state index is 0.00728. The van der Waals surface area contributed by atoms with Crippen LogP contribution in [0.1, 0.15) is 16.1 Å². The van der Waals surface area contributed by atoms with Crippen molar-refractivity contribution in [2.75, 3.05) is 6.61 Å². The molecule has 0 amide bonds. The van der Waals surface area contributed by atoms with Crippen LogP contribution in [-0.2, 0) is 13.0 Å². The molecule has 2 aromatic heterocycles. The van der Waals surface area contributed by atoms with E-state index in [0.29, 0.717) is 12.5 Å². The van der Waals surface area contributed by atoms with Gasteiger partial charge in [-0.3, -0.25) is 0 Å². The average molecular weight is 250 g/mol. The van der Waals surface area contributed by atoms with Crippen LogP contribution >= 0.6 is 11.3 Å². The first-order chi connectivity index (χ1) is 8.29. The van der Waals surface area contributed by atoms with Gasteiger partial charge in [0.15, 0.2) is 0 Å².